The highest BCUT2D eigenvalue weighted by Crippen LogP contribution is 2.23. The van der Waals surface area contributed by atoms with Crippen LogP contribution < -0.4 is 5.32 Å². The first-order valence-corrected chi connectivity index (χ1v) is 7.26. The Bertz CT molecular complexity index is 493. The lowest BCUT2D eigenvalue weighted by Gasteiger charge is -2.15. The Kier molecular flexibility index (Phi) is 4.75. The number of rotatable bonds is 5. The van der Waals surface area contributed by atoms with Crippen LogP contribution in [0.25, 0.3) is 0 Å². The summed E-state index contributed by atoms with van der Waals surface area (Å²) >= 11 is 7.67. The van der Waals surface area contributed by atoms with Gasteiger partial charge in [-0.3, -0.25) is 0 Å². The van der Waals surface area contributed by atoms with Gasteiger partial charge >= 0.3 is 0 Å². The summed E-state index contributed by atoms with van der Waals surface area (Å²) in [5.41, 5.74) is 2.41. The van der Waals surface area contributed by atoms with Gasteiger partial charge in [0.15, 0.2) is 0 Å². The van der Waals surface area contributed by atoms with Gasteiger partial charge in [0, 0.05) is 35.0 Å². The fraction of sp³-hybridized carbons (Fsp3) is 0.357. The van der Waals surface area contributed by atoms with Crippen LogP contribution in [0.15, 0.2) is 29.6 Å². The molecular weight excluding hydrogens is 264 g/mol. The highest BCUT2D eigenvalue weighted by molar-refractivity contribution is 7.09. The molecule has 2 aromatic rings. The van der Waals surface area contributed by atoms with E-state index in [1.54, 1.807) is 11.3 Å². The van der Waals surface area contributed by atoms with Crippen molar-refractivity contribution >= 4 is 22.9 Å². The van der Waals surface area contributed by atoms with Gasteiger partial charge in [-0.1, -0.05) is 23.7 Å². The predicted octanol–water partition coefficient (Wildman–Crippen LogP) is 3.65. The summed E-state index contributed by atoms with van der Waals surface area (Å²) in [6, 6.07) is 8.11. The van der Waals surface area contributed by atoms with Crippen molar-refractivity contribution in [3.63, 3.8) is 0 Å². The van der Waals surface area contributed by atoms with Crippen LogP contribution in [0.3, 0.4) is 0 Å². The van der Waals surface area contributed by atoms with Crippen molar-refractivity contribution in [3.05, 3.63) is 50.9 Å². The third-order valence-corrected chi connectivity index (χ3v) is 4.12. The highest BCUT2D eigenvalue weighted by atomic mass is 35.5. The van der Waals surface area contributed by atoms with Gasteiger partial charge in [-0.15, -0.1) is 11.3 Å². The van der Waals surface area contributed by atoms with Crippen molar-refractivity contribution in [1.82, 2.24) is 10.3 Å². The fourth-order valence-electron chi connectivity index (χ4n) is 2.00. The molecule has 1 aromatic carbocycles. The molecule has 1 N–H and O–H groups in total. The molecule has 1 heterocycles. The zero-order chi connectivity index (χ0) is 13.0. The number of benzene rings is 1. The van der Waals surface area contributed by atoms with E-state index in [0.29, 0.717) is 5.92 Å². The van der Waals surface area contributed by atoms with Crippen LogP contribution >= 0.6 is 22.9 Å². The van der Waals surface area contributed by atoms with Gasteiger partial charge in [-0.05, 0) is 31.7 Å². The standard InChI is InChI=1S/C14H17ClN2S/c1-10-9-18-14(17-10)7-12(8-16-2)11-3-5-13(15)6-4-11/h3-6,9,12,16H,7-8H2,1-2H3. The SMILES string of the molecule is CNCC(Cc1nc(C)cs1)c1ccc(Cl)cc1. The molecular formula is C14H17ClN2S. The van der Waals surface area contributed by atoms with E-state index in [1.807, 2.05) is 26.1 Å². The molecule has 1 atom stereocenters. The number of halogens is 1. The molecule has 2 nitrogen and oxygen atoms in total. The van der Waals surface area contributed by atoms with Gasteiger partial charge in [0.25, 0.3) is 0 Å². The van der Waals surface area contributed by atoms with E-state index in [1.165, 1.54) is 10.6 Å². The van der Waals surface area contributed by atoms with Crippen LogP contribution in [-0.2, 0) is 6.42 Å². The Hall–Kier alpha value is -0.900. The minimum absolute atomic E-state index is 0.442. The normalized spacial score (nSPS) is 12.6. The van der Waals surface area contributed by atoms with Crippen LogP contribution in [0, 0.1) is 6.92 Å². The van der Waals surface area contributed by atoms with E-state index >= 15 is 0 Å². The Balaban J connectivity index is 2.14. The third kappa shape index (κ3) is 3.55. The summed E-state index contributed by atoms with van der Waals surface area (Å²) in [6.45, 7) is 2.98. The Morgan fingerprint density at radius 2 is 2.06 bits per heavy atom. The van der Waals surface area contributed by atoms with Crippen LogP contribution in [0.2, 0.25) is 5.02 Å². The number of thiazole rings is 1. The summed E-state index contributed by atoms with van der Waals surface area (Å²) in [5.74, 6) is 0.442. The van der Waals surface area contributed by atoms with Crippen LogP contribution in [0.1, 0.15) is 22.2 Å². The first kappa shape index (κ1) is 13.5. The van der Waals surface area contributed by atoms with Crippen molar-refractivity contribution in [3.8, 4) is 0 Å². The number of aromatic nitrogens is 1. The fourth-order valence-corrected chi connectivity index (χ4v) is 2.98. The molecule has 0 saturated carbocycles. The Morgan fingerprint density at radius 1 is 1.33 bits per heavy atom. The molecule has 1 unspecified atom stereocenters. The van der Waals surface area contributed by atoms with Crippen molar-refractivity contribution in [2.75, 3.05) is 13.6 Å². The molecule has 96 valence electrons. The van der Waals surface area contributed by atoms with Gasteiger partial charge < -0.3 is 5.32 Å². The average Bonchev–Trinajstić information content (AvgIpc) is 2.75. The molecule has 0 amide bonds. The second kappa shape index (κ2) is 6.32. The zero-order valence-corrected chi connectivity index (χ0v) is 12.2. The van der Waals surface area contributed by atoms with Crippen LogP contribution in [0.5, 0.6) is 0 Å². The number of nitrogens with zero attached hydrogens (tertiary/aromatic N) is 1. The molecule has 0 aliphatic heterocycles. The quantitative estimate of drug-likeness (QED) is 0.904. The van der Waals surface area contributed by atoms with Gasteiger partial charge in [0.1, 0.15) is 0 Å². The first-order valence-electron chi connectivity index (χ1n) is 6.00. The largest absolute Gasteiger partial charge is 0.319 e. The molecule has 0 fully saturated rings. The molecule has 1 aromatic heterocycles. The third-order valence-electron chi connectivity index (χ3n) is 2.88. The summed E-state index contributed by atoms with van der Waals surface area (Å²) in [5, 5.41) is 7.34. The summed E-state index contributed by atoms with van der Waals surface area (Å²) < 4.78 is 0. The van der Waals surface area contributed by atoms with Crippen molar-refractivity contribution in [1.29, 1.82) is 0 Å². The lowest BCUT2D eigenvalue weighted by atomic mass is 9.96. The summed E-state index contributed by atoms with van der Waals surface area (Å²) in [7, 11) is 1.98. The predicted molar refractivity (Wildman–Crippen MR) is 78.7 cm³/mol. The van der Waals surface area contributed by atoms with Gasteiger partial charge in [-0.2, -0.15) is 0 Å². The van der Waals surface area contributed by atoms with E-state index < -0.39 is 0 Å². The molecule has 0 aliphatic carbocycles. The maximum Gasteiger partial charge on any atom is 0.0934 e. The topological polar surface area (TPSA) is 24.9 Å². The van der Waals surface area contributed by atoms with Crippen LogP contribution in [-0.4, -0.2) is 18.6 Å². The lowest BCUT2D eigenvalue weighted by molar-refractivity contribution is 0.623. The zero-order valence-electron chi connectivity index (χ0n) is 10.6. The number of aryl methyl sites for hydroxylation is 1. The van der Waals surface area contributed by atoms with Gasteiger partial charge in [0.05, 0.1) is 5.01 Å². The number of hydrogen-bond donors (Lipinski definition) is 1. The molecule has 0 spiro atoms. The van der Waals surface area contributed by atoms with Gasteiger partial charge in [0.2, 0.25) is 0 Å². The second-order valence-corrected chi connectivity index (χ2v) is 5.77. The molecule has 18 heavy (non-hydrogen) atoms. The lowest BCUT2D eigenvalue weighted by Crippen LogP contribution is -2.19. The second-order valence-electron chi connectivity index (χ2n) is 4.39. The van der Waals surface area contributed by atoms with Gasteiger partial charge in [-0.25, -0.2) is 4.98 Å². The van der Waals surface area contributed by atoms with E-state index in [-0.39, 0.29) is 0 Å². The van der Waals surface area contributed by atoms with E-state index in [4.69, 9.17) is 11.6 Å². The van der Waals surface area contributed by atoms with E-state index in [0.717, 1.165) is 23.7 Å². The monoisotopic (exact) mass is 280 g/mol. The summed E-state index contributed by atoms with van der Waals surface area (Å²) in [6.07, 6.45) is 0.973. The Labute approximate surface area is 117 Å². The van der Waals surface area contributed by atoms with Crippen molar-refractivity contribution in [2.45, 2.75) is 19.3 Å². The molecule has 0 saturated heterocycles. The molecule has 0 bridgehead atoms. The maximum atomic E-state index is 5.93. The molecule has 4 heteroatoms. The Morgan fingerprint density at radius 3 is 2.61 bits per heavy atom. The minimum Gasteiger partial charge on any atom is -0.319 e. The smallest absolute Gasteiger partial charge is 0.0934 e. The number of nitrogens with one attached hydrogen (secondary N) is 1. The van der Waals surface area contributed by atoms with Crippen molar-refractivity contribution < 1.29 is 0 Å². The van der Waals surface area contributed by atoms with E-state index in [2.05, 4.69) is 27.8 Å². The first-order chi connectivity index (χ1) is 8.69. The number of likely N-dealkylation sites (N-methyl/N-ethyl adjacent to an activating group) is 1. The maximum absolute atomic E-state index is 5.93. The number of hydrogen-bond acceptors (Lipinski definition) is 3. The highest BCUT2D eigenvalue weighted by Gasteiger charge is 2.13. The minimum atomic E-state index is 0.442. The van der Waals surface area contributed by atoms with Crippen molar-refractivity contribution in [2.24, 2.45) is 0 Å². The molecule has 2 rings (SSSR count). The molecule has 0 aliphatic rings. The van der Waals surface area contributed by atoms with Crippen LogP contribution in [0.4, 0.5) is 0 Å². The summed E-state index contributed by atoms with van der Waals surface area (Å²) in [4.78, 5) is 4.54. The van der Waals surface area contributed by atoms with E-state index in [9.17, 15) is 0 Å². The molecule has 0 radical (unpaired) electrons. The average molecular weight is 281 g/mol.